The summed E-state index contributed by atoms with van der Waals surface area (Å²) in [5.74, 6) is -0.185. The average molecular weight is 436 g/mol. The lowest BCUT2D eigenvalue weighted by Gasteiger charge is -2.37. The number of hydrogen-bond donors (Lipinski definition) is 1. The van der Waals surface area contributed by atoms with E-state index in [0.29, 0.717) is 18.4 Å². The van der Waals surface area contributed by atoms with Crippen molar-refractivity contribution in [3.05, 3.63) is 120 Å². The van der Waals surface area contributed by atoms with Crippen molar-refractivity contribution in [2.75, 3.05) is 0 Å². The summed E-state index contributed by atoms with van der Waals surface area (Å²) in [5.41, 5.74) is 4.54. The number of hydrogen-bond acceptors (Lipinski definition) is 3. The summed E-state index contributed by atoms with van der Waals surface area (Å²) in [5, 5.41) is 12.6. The Labute approximate surface area is 196 Å². The van der Waals surface area contributed by atoms with E-state index in [0.717, 1.165) is 12.0 Å². The summed E-state index contributed by atoms with van der Waals surface area (Å²) in [7, 11) is 0. The quantitative estimate of drug-likeness (QED) is 0.503. The van der Waals surface area contributed by atoms with Gasteiger partial charge in [0.1, 0.15) is 5.41 Å². The second-order valence-corrected chi connectivity index (χ2v) is 8.90. The zero-order valence-electron chi connectivity index (χ0n) is 18.9. The van der Waals surface area contributed by atoms with Crippen LogP contribution in [0.15, 0.2) is 104 Å². The monoisotopic (exact) mass is 435 g/mol. The molecule has 1 N–H and O–H groups in total. The van der Waals surface area contributed by atoms with Gasteiger partial charge in [0.2, 0.25) is 0 Å². The van der Waals surface area contributed by atoms with Crippen LogP contribution in [-0.4, -0.2) is 22.5 Å². The van der Waals surface area contributed by atoms with Gasteiger partial charge in [-0.3, -0.25) is 10.2 Å². The van der Waals surface area contributed by atoms with E-state index in [9.17, 15) is 10.1 Å². The Kier molecular flexibility index (Phi) is 6.44. The van der Waals surface area contributed by atoms with Gasteiger partial charge in [-0.1, -0.05) is 84.9 Å². The highest BCUT2D eigenvalue weighted by atomic mass is 16.2. The Morgan fingerprint density at radius 3 is 2.21 bits per heavy atom. The molecule has 0 radical (unpaired) electrons. The summed E-state index contributed by atoms with van der Waals surface area (Å²) >= 11 is 0. The topological polar surface area (TPSA) is 56.1 Å². The highest BCUT2D eigenvalue weighted by molar-refractivity contribution is 5.93. The van der Waals surface area contributed by atoms with Gasteiger partial charge in [-0.05, 0) is 49.4 Å². The minimum absolute atomic E-state index is 0.185. The van der Waals surface area contributed by atoms with Crippen molar-refractivity contribution in [2.24, 2.45) is 0 Å². The molecule has 1 fully saturated rings. The van der Waals surface area contributed by atoms with Crippen LogP contribution in [-0.2, 0) is 11.8 Å². The molecule has 4 rings (SSSR count). The number of carbonyl (C=O) groups is 1. The van der Waals surface area contributed by atoms with Crippen LogP contribution in [0.4, 0.5) is 0 Å². The molecule has 3 aromatic carbocycles. The fourth-order valence-corrected chi connectivity index (χ4v) is 5.02. The Bertz CT molecular complexity index is 1140. The molecule has 0 bridgehead atoms. The number of carbonyl (C=O) groups excluding carboxylic acids is 1. The third-order valence-electron chi connectivity index (χ3n) is 6.80. The molecule has 1 heterocycles. The van der Waals surface area contributed by atoms with Gasteiger partial charge in [0.05, 0.1) is 17.6 Å². The maximum absolute atomic E-state index is 13.2. The molecule has 1 aliphatic rings. The maximum Gasteiger partial charge on any atom is 0.265 e. The Hall–Kier alpha value is -3.68. The highest BCUT2D eigenvalue weighted by Gasteiger charge is 2.58. The fraction of sp³-hybridized carbons (Fsp3) is 0.241. The van der Waals surface area contributed by atoms with E-state index in [1.165, 1.54) is 5.56 Å². The van der Waals surface area contributed by atoms with Crippen LogP contribution < -0.4 is 5.43 Å². The van der Waals surface area contributed by atoms with Gasteiger partial charge in [-0.15, -0.1) is 6.58 Å². The number of rotatable bonds is 7. The molecule has 33 heavy (non-hydrogen) atoms. The molecular weight excluding hydrogens is 406 g/mol. The first-order chi connectivity index (χ1) is 16.0. The van der Waals surface area contributed by atoms with Gasteiger partial charge in [0.15, 0.2) is 0 Å². The Morgan fingerprint density at radius 2 is 1.64 bits per heavy atom. The van der Waals surface area contributed by atoms with Gasteiger partial charge >= 0.3 is 0 Å². The van der Waals surface area contributed by atoms with Crippen LogP contribution >= 0.6 is 0 Å². The van der Waals surface area contributed by atoms with Gasteiger partial charge in [-0.25, -0.2) is 5.01 Å². The smallest absolute Gasteiger partial charge is 0.265 e. The van der Waals surface area contributed by atoms with E-state index >= 15 is 0 Å². The third-order valence-corrected chi connectivity index (χ3v) is 6.80. The molecule has 1 saturated heterocycles. The normalized spacial score (nSPS) is 24.7. The van der Waals surface area contributed by atoms with Crippen LogP contribution in [0.3, 0.4) is 0 Å². The predicted octanol–water partition coefficient (Wildman–Crippen LogP) is 5.44. The summed E-state index contributed by atoms with van der Waals surface area (Å²) in [6.07, 6.45) is 3.91. The molecule has 0 aliphatic carbocycles. The Balaban J connectivity index is 1.75. The molecular formula is C29H29N3O. The van der Waals surface area contributed by atoms with Crippen LogP contribution in [0.25, 0.3) is 0 Å². The maximum atomic E-state index is 13.2. The van der Waals surface area contributed by atoms with E-state index in [1.54, 1.807) is 12.1 Å². The lowest BCUT2D eigenvalue weighted by Crippen LogP contribution is -2.56. The SMILES string of the molecule is C=CC1(C)C[C@@](C#N)(c2ccccc2)[C@H](CCc2ccccc2)N1NC(=O)c1ccccc1. The van der Waals surface area contributed by atoms with Crippen LogP contribution in [0.1, 0.15) is 41.3 Å². The molecule has 3 aromatic rings. The first-order valence-electron chi connectivity index (χ1n) is 11.3. The number of aryl methyl sites for hydroxylation is 1. The lowest BCUT2D eigenvalue weighted by molar-refractivity contribution is 0.0503. The van der Waals surface area contributed by atoms with Gasteiger partial charge in [0, 0.05) is 5.56 Å². The number of benzene rings is 3. The summed E-state index contributed by atoms with van der Waals surface area (Å²) in [6, 6.07) is 31.8. The summed E-state index contributed by atoms with van der Waals surface area (Å²) in [4.78, 5) is 13.2. The first-order valence-corrected chi connectivity index (χ1v) is 11.3. The summed E-state index contributed by atoms with van der Waals surface area (Å²) in [6.45, 7) is 6.13. The van der Waals surface area contributed by atoms with Crippen LogP contribution in [0, 0.1) is 11.3 Å². The minimum Gasteiger partial charge on any atom is -0.284 e. The number of hydrazine groups is 1. The molecule has 0 spiro atoms. The van der Waals surface area contributed by atoms with Crippen molar-refractivity contribution in [2.45, 2.75) is 43.2 Å². The first kappa shape index (κ1) is 22.5. The van der Waals surface area contributed by atoms with Crippen molar-refractivity contribution < 1.29 is 4.79 Å². The van der Waals surface area contributed by atoms with E-state index in [4.69, 9.17) is 0 Å². The number of amides is 1. The van der Waals surface area contributed by atoms with Gasteiger partial charge in [-0.2, -0.15) is 5.26 Å². The molecule has 3 atom stereocenters. The van der Waals surface area contributed by atoms with Crippen LogP contribution in [0.5, 0.6) is 0 Å². The van der Waals surface area contributed by atoms with Crippen molar-refractivity contribution in [1.29, 1.82) is 5.26 Å². The Morgan fingerprint density at radius 1 is 1.06 bits per heavy atom. The number of nitriles is 1. The van der Waals surface area contributed by atoms with Crippen molar-refractivity contribution in [3.8, 4) is 6.07 Å². The van der Waals surface area contributed by atoms with E-state index < -0.39 is 11.0 Å². The molecule has 4 nitrogen and oxygen atoms in total. The average Bonchev–Trinajstić information content (AvgIpc) is 3.13. The standard InChI is InChI=1S/C29H29N3O/c1-3-28(2)21-29(22-30,25-17-11-6-12-18-25)26(20-19-23-13-7-4-8-14-23)32(28)31-27(33)24-15-9-5-10-16-24/h3-18,26H,1,19-21H2,2H3,(H,31,33)/t26-,28?,29+/m0/s1. The molecule has 0 saturated carbocycles. The number of nitrogens with one attached hydrogen (secondary N) is 1. The van der Waals surface area contributed by atoms with Crippen LogP contribution in [0.2, 0.25) is 0 Å². The molecule has 1 unspecified atom stereocenters. The minimum atomic E-state index is -0.789. The van der Waals surface area contributed by atoms with Crippen molar-refractivity contribution in [1.82, 2.24) is 10.4 Å². The third kappa shape index (κ3) is 4.33. The molecule has 0 aromatic heterocycles. The predicted molar refractivity (Wildman–Crippen MR) is 131 cm³/mol. The second-order valence-electron chi connectivity index (χ2n) is 8.90. The van der Waals surface area contributed by atoms with Crippen molar-refractivity contribution >= 4 is 5.91 Å². The molecule has 1 amide bonds. The zero-order valence-corrected chi connectivity index (χ0v) is 18.9. The fourth-order valence-electron chi connectivity index (χ4n) is 5.02. The summed E-state index contributed by atoms with van der Waals surface area (Å²) < 4.78 is 0. The molecule has 4 heteroatoms. The molecule has 166 valence electrons. The largest absolute Gasteiger partial charge is 0.284 e. The van der Waals surface area contributed by atoms with Gasteiger partial charge in [0.25, 0.3) is 5.91 Å². The van der Waals surface area contributed by atoms with E-state index in [-0.39, 0.29) is 11.9 Å². The second kappa shape index (κ2) is 9.44. The van der Waals surface area contributed by atoms with Gasteiger partial charge < -0.3 is 0 Å². The van der Waals surface area contributed by atoms with E-state index in [1.807, 2.05) is 84.7 Å². The van der Waals surface area contributed by atoms with E-state index in [2.05, 4.69) is 30.2 Å². The lowest BCUT2D eigenvalue weighted by atomic mass is 9.71. The highest BCUT2D eigenvalue weighted by Crippen LogP contribution is 2.49. The zero-order chi connectivity index (χ0) is 23.3. The van der Waals surface area contributed by atoms with Crippen molar-refractivity contribution in [3.63, 3.8) is 0 Å². The molecule has 1 aliphatic heterocycles. The number of nitrogens with zero attached hydrogens (tertiary/aromatic N) is 2.